The molecular formula is C20H23N3O. The fourth-order valence-corrected chi connectivity index (χ4v) is 4.21. The number of carbonyl (C=O) groups excluding carboxylic acids is 1. The fourth-order valence-electron chi connectivity index (χ4n) is 4.21. The average Bonchev–Trinajstić information content (AvgIpc) is 2.66. The molecule has 2 aromatic rings. The van der Waals surface area contributed by atoms with Crippen molar-refractivity contribution >= 4 is 5.91 Å². The van der Waals surface area contributed by atoms with Crippen LogP contribution in [0, 0.1) is 5.92 Å². The number of rotatable bonds is 4. The maximum absolute atomic E-state index is 12.6. The minimum Gasteiger partial charge on any atom is -0.347 e. The van der Waals surface area contributed by atoms with Crippen molar-refractivity contribution in [3.05, 3.63) is 66.0 Å². The van der Waals surface area contributed by atoms with Gasteiger partial charge in [0.2, 0.25) is 0 Å². The molecule has 1 aromatic heterocycles. The summed E-state index contributed by atoms with van der Waals surface area (Å²) >= 11 is 0. The molecule has 4 heterocycles. The number of fused-ring (bicyclic) bond motifs is 3. The second-order valence-corrected chi connectivity index (χ2v) is 6.87. The van der Waals surface area contributed by atoms with Gasteiger partial charge in [-0.05, 0) is 62.0 Å². The molecule has 2 bridgehead atoms. The maximum Gasteiger partial charge on any atom is 0.251 e. The number of hydrogen-bond donors (Lipinski definition) is 1. The van der Waals surface area contributed by atoms with Gasteiger partial charge in [0.05, 0.1) is 0 Å². The van der Waals surface area contributed by atoms with Gasteiger partial charge in [0.1, 0.15) is 0 Å². The molecule has 0 spiro atoms. The minimum atomic E-state index is 0.0468. The van der Waals surface area contributed by atoms with Crippen LogP contribution in [0.15, 0.2) is 54.9 Å². The van der Waals surface area contributed by atoms with Crippen molar-refractivity contribution in [3.63, 3.8) is 0 Å². The highest BCUT2D eigenvalue weighted by molar-refractivity contribution is 5.94. The quantitative estimate of drug-likeness (QED) is 0.941. The van der Waals surface area contributed by atoms with Crippen LogP contribution in [-0.4, -0.2) is 41.0 Å². The number of piperidine rings is 3. The number of benzene rings is 1. The topological polar surface area (TPSA) is 45.2 Å². The van der Waals surface area contributed by atoms with Gasteiger partial charge in [0.25, 0.3) is 5.91 Å². The summed E-state index contributed by atoms with van der Waals surface area (Å²) in [5.41, 5.74) is 1.99. The van der Waals surface area contributed by atoms with Crippen molar-refractivity contribution in [2.75, 3.05) is 13.1 Å². The third-order valence-corrected chi connectivity index (χ3v) is 5.47. The van der Waals surface area contributed by atoms with Crippen molar-refractivity contribution in [2.45, 2.75) is 31.3 Å². The molecule has 3 aliphatic rings. The predicted molar refractivity (Wildman–Crippen MR) is 93.7 cm³/mol. The van der Waals surface area contributed by atoms with Gasteiger partial charge in [-0.2, -0.15) is 0 Å². The van der Waals surface area contributed by atoms with E-state index in [4.69, 9.17) is 0 Å². The summed E-state index contributed by atoms with van der Waals surface area (Å²) in [5, 5.41) is 3.34. The van der Waals surface area contributed by atoms with E-state index in [1.165, 1.54) is 18.4 Å². The van der Waals surface area contributed by atoms with E-state index in [1.807, 2.05) is 48.8 Å². The first-order valence-electron chi connectivity index (χ1n) is 8.80. The smallest absolute Gasteiger partial charge is 0.251 e. The minimum absolute atomic E-state index is 0.0468. The van der Waals surface area contributed by atoms with Crippen LogP contribution >= 0.6 is 0 Å². The van der Waals surface area contributed by atoms with Gasteiger partial charge < -0.3 is 5.32 Å². The van der Waals surface area contributed by atoms with Crippen LogP contribution in [-0.2, 0) is 6.42 Å². The summed E-state index contributed by atoms with van der Waals surface area (Å²) in [5.74, 6) is 0.634. The highest BCUT2D eigenvalue weighted by Crippen LogP contribution is 2.34. The summed E-state index contributed by atoms with van der Waals surface area (Å²) in [7, 11) is 0. The molecular weight excluding hydrogens is 298 g/mol. The Labute approximate surface area is 142 Å². The number of hydrogen-bond acceptors (Lipinski definition) is 3. The molecule has 2 atom stereocenters. The summed E-state index contributed by atoms with van der Waals surface area (Å²) in [6.45, 7) is 2.29. The van der Waals surface area contributed by atoms with Gasteiger partial charge in [0.15, 0.2) is 0 Å². The van der Waals surface area contributed by atoms with E-state index in [-0.39, 0.29) is 11.9 Å². The zero-order valence-corrected chi connectivity index (χ0v) is 13.8. The highest BCUT2D eigenvalue weighted by Gasteiger charge is 2.42. The number of pyridine rings is 1. The first-order chi connectivity index (χ1) is 11.8. The number of amides is 1. The Bertz CT molecular complexity index is 681. The van der Waals surface area contributed by atoms with Crippen molar-refractivity contribution in [1.29, 1.82) is 0 Å². The molecule has 0 unspecified atom stereocenters. The third-order valence-electron chi connectivity index (χ3n) is 5.47. The molecule has 24 heavy (non-hydrogen) atoms. The average molecular weight is 321 g/mol. The molecule has 3 aliphatic heterocycles. The maximum atomic E-state index is 12.6. The zero-order valence-electron chi connectivity index (χ0n) is 13.8. The summed E-state index contributed by atoms with van der Waals surface area (Å²) < 4.78 is 0. The Morgan fingerprint density at radius 2 is 1.92 bits per heavy atom. The van der Waals surface area contributed by atoms with Crippen LogP contribution in [0.1, 0.15) is 28.8 Å². The Hall–Kier alpha value is -2.20. The van der Waals surface area contributed by atoms with E-state index >= 15 is 0 Å². The van der Waals surface area contributed by atoms with E-state index in [9.17, 15) is 4.79 Å². The van der Waals surface area contributed by atoms with Crippen LogP contribution in [0.25, 0.3) is 0 Å². The Kier molecular flexibility index (Phi) is 4.30. The molecule has 4 nitrogen and oxygen atoms in total. The Morgan fingerprint density at radius 1 is 1.12 bits per heavy atom. The zero-order chi connectivity index (χ0) is 16.4. The lowest BCUT2D eigenvalue weighted by Gasteiger charge is -2.51. The normalized spacial score (nSPS) is 28.5. The fraction of sp³-hybridized carbons (Fsp3) is 0.400. The molecule has 0 saturated carbocycles. The molecule has 4 heteroatoms. The van der Waals surface area contributed by atoms with Gasteiger partial charge in [-0.1, -0.05) is 24.3 Å². The van der Waals surface area contributed by atoms with Crippen LogP contribution in [0.4, 0.5) is 0 Å². The van der Waals surface area contributed by atoms with Crippen molar-refractivity contribution in [3.8, 4) is 0 Å². The lowest BCUT2D eigenvalue weighted by Crippen LogP contribution is -2.64. The molecule has 1 aromatic carbocycles. The van der Waals surface area contributed by atoms with Crippen LogP contribution in [0.3, 0.4) is 0 Å². The van der Waals surface area contributed by atoms with Crippen molar-refractivity contribution in [2.24, 2.45) is 5.92 Å². The number of nitrogens with one attached hydrogen (secondary N) is 1. The van der Waals surface area contributed by atoms with Crippen LogP contribution < -0.4 is 5.32 Å². The van der Waals surface area contributed by atoms with Crippen LogP contribution in [0.5, 0.6) is 0 Å². The number of aromatic nitrogens is 1. The van der Waals surface area contributed by atoms with Gasteiger partial charge in [-0.3, -0.25) is 14.7 Å². The molecule has 1 amide bonds. The third kappa shape index (κ3) is 3.06. The summed E-state index contributed by atoms with van der Waals surface area (Å²) in [4.78, 5) is 19.4. The van der Waals surface area contributed by atoms with Gasteiger partial charge in [-0.25, -0.2) is 0 Å². The highest BCUT2D eigenvalue weighted by atomic mass is 16.1. The summed E-state index contributed by atoms with van der Waals surface area (Å²) in [6, 6.07) is 14.2. The number of nitrogens with zero attached hydrogens (tertiary/aromatic N) is 2. The summed E-state index contributed by atoms with van der Waals surface area (Å²) in [6.07, 6.45) is 7.07. The second kappa shape index (κ2) is 6.73. The molecule has 5 rings (SSSR count). The first-order valence-corrected chi connectivity index (χ1v) is 8.80. The van der Waals surface area contributed by atoms with Crippen molar-refractivity contribution < 1.29 is 4.79 Å². The monoisotopic (exact) mass is 321 g/mol. The van der Waals surface area contributed by atoms with E-state index < -0.39 is 0 Å². The molecule has 3 saturated heterocycles. The molecule has 1 N–H and O–H groups in total. The molecule has 0 aliphatic carbocycles. The lowest BCUT2D eigenvalue weighted by molar-refractivity contribution is 0.0136. The first kappa shape index (κ1) is 15.3. The standard InChI is InChI=1S/C20H23N3O/c24-20(17-6-2-1-3-7-17)22-19-16-8-11-23(12-9-16)18(19)13-15-5-4-10-21-14-15/h1-7,10,14,16,18-19H,8-9,11-13H2,(H,22,24)/t18-,19-/m1/s1. The SMILES string of the molecule is O=C(N[C@@H]1C2CCN(CC2)[C@@H]1Cc1cccnc1)c1ccccc1. The van der Waals surface area contributed by atoms with Crippen molar-refractivity contribution in [1.82, 2.24) is 15.2 Å². The Morgan fingerprint density at radius 3 is 2.62 bits per heavy atom. The van der Waals surface area contributed by atoms with Gasteiger partial charge in [0, 0.05) is 30.0 Å². The second-order valence-electron chi connectivity index (χ2n) is 6.87. The number of carbonyl (C=O) groups is 1. The van der Waals surface area contributed by atoms with E-state index in [1.54, 1.807) is 0 Å². The Balaban J connectivity index is 1.53. The van der Waals surface area contributed by atoms with Gasteiger partial charge >= 0.3 is 0 Å². The predicted octanol–water partition coefficient (Wildman–Crippen LogP) is 2.52. The largest absolute Gasteiger partial charge is 0.347 e. The van der Waals surface area contributed by atoms with E-state index in [0.717, 1.165) is 25.1 Å². The van der Waals surface area contributed by atoms with E-state index in [0.29, 0.717) is 12.0 Å². The van der Waals surface area contributed by atoms with E-state index in [2.05, 4.69) is 21.3 Å². The molecule has 124 valence electrons. The van der Waals surface area contributed by atoms with Crippen LogP contribution in [0.2, 0.25) is 0 Å². The lowest BCUT2D eigenvalue weighted by atomic mass is 9.76. The molecule has 0 radical (unpaired) electrons. The van der Waals surface area contributed by atoms with Gasteiger partial charge in [-0.15, -0.1) is 0 Å². The molecule has 3 fully saturated rings.